The molecule has 0 spiro atoms. The molecule has 4 rings (SSSR count). The van der Waals surface area contributed by atoms with Gasteiger partial charge in [-0.3, -0.25) is 15.2 Å². The molecule has 3 aromatic heterocycles. The third kappa shape index (κ3) is 3.68. The predicted molar refractivity (Wildman–Crippen MR) is 106 cm³/mol. The first kappa shape index (κ1) is 17.3. The maximum atomic E-state index is 11.3. The zero-order chi connectivity index (χ0) is 19.3. The number of benzene rings is 1. The van der Waals surface area contributed by atoms with Gasteiger partial charge >= 0.3 is 0 Å². The zero-order valence-electron chi connectivity index (χ0n) is 14.9. The molecule has 28 heavy (non-hydrogen) atoms. The van der Waals surface area contributed by atoms with Crippen molar-refractivity contribution in [3.05, 3.63) is 66.9 Å². The smallest absolute Gasteiger partial charge is 0.221 e. The van der Waals surface area contributed by atoms with Gasteiger partial charge in [0.25, 0.3) is 0 Å². The second kappa shape index (κ2) is 7.62. The van der Waals surface area contributed by atoms with Gasteiger partial charge in [-0.15, -0.1) is 0 Å². The number of hydrazone groups is 1. The van der Waals surface area contributed by atoms with Crippen molar-refractivity contribution < 1.29 is 4.79 Å². The first-order valence-corrected chi connectivity index (χ1v) is 8.46. The maximum absolute atomic E-state index is 11.3. The molecule has 1 amide bonds. The molecular weight excluding hydrogens is 356 g/mol. The Morgan fingerprint density at radius 1 is 1.18 bits per heavy atom. The van der Waals surface area contributed by atoms with Crippen LogP contribution in [0, 0.1) is 0 Å². The average molecular weight is 372 g/mol. The van der Waals surface area contributed by atoms with Crippen molar-refractivity contribution in [3.63, 3.8) is 0 Å². The van der Waals surface area contributed by atoms with Crippen LogP contribution < -0.4 is 10.7 Å². The van der Waals surface area contributed by atoms with Crippen molar-refractivity contribution in [2.45, 2.75) is 6.92 Å². The number of anilines is 2. The van der Waals surface area contributed by atoms with E-state index in [0.717, 1.165) is 16.6 Å². The van der Waals surface area contributed by atoms with E-state index in [1.165, 1.54) is 13.3 Å². The predicted octanol–water partition coefficient (Wildman–Crippen LogP) is 2.61. The number of hydrogen-bond donors (Lipinski definition) is 2. The van der Waals surface area contributed by atoms with Crippen LogP contribution in [0.15, 0.2) is 66.4 Å². The van der Waals surface area contributed by atoms with Crippen molar-refractivity contribution in [2.24, 2.45) is 5.10 Å². The van der Waals surface area contributed by atoms with Gasteiger partial charge in [0.05, 0.1) is 23.5 Å². The van der Waals surface area contributed by atoms with Gasteiger partial charge in [-0.25, -0.2) is 14.6 Å². The molecule has 0 saturated heterocycles. The lowest BCUT2D eigenvalue weighted by molar-refractivity contribution is -0.114. The molecule has 0 saturated carbocycles. The van der Waals surface area contributed by atoms with Crippen LogP contribution in [0.5, 0.6) is 0 Å². The zero-order valence-corrected chi connectivity index (χ0v) is 14.9. The molecule has 138 valence electrons. The van der Waals surface area contributed by atoms with Crippen molar-refractivity contribution in [1.29, 1.82) is 0 Å². The van der Waals surface area contributed by atoms with Crippen LogP contribution in [-0.4, -0.2) is 36.9 Å². The van der Waals surface area contributed by atoms with Crippen molar-refractivity contribution >= 4 is 34.7 Å². The standard InChI is InChI=1S/C19H16N8O/c1-13(28)25-15-3-2-4-16(9-15)27-19-17(11-24-27)18(21-12-22-19)26-23-10-14-5-7-20-8-6-14/h2-12H,1H3,(H,25,28)(H,21,22,26)/b23-10+. The Kier molecular flexibility index (Phi) is 4.70. The molecule has 0 unspecified atom stereocenters. The number of nitrogens with zero attached hydrogens (tertiary/aromatic N) is 6. The van der Waals surface area contributed by atoms with Crippen LogP contribution in [-0.2, 0) is 4.79 Å². The minimum Gasteiger partial charge on any atom is -0.326 e. The summed E-state index contributed by atoms with van der Waals surface area (Å²) in [5.74, 6) is 0.405. The van der Waals surface area contributed by atoms with E-state index in [9.17, 15) is 4.79 Å². The van der Waals surface area contributed by atoms with Gasteiger partial charge in [0.1, 0.15) is 6.33 Å². The molecule has 1 aromatic carbocycles. The highest BCUT2D eigenvalue weighted by molar-refractivity contribution is 5.90. The van der Waals surface area contributed by atoms with Gasteiger partial charge in [0.15, 0.2) is 11.5 Å². The summed E-state index contributed by atoms with van der Waals surface area (Å²) in [5.41, 5.74) is 5.92. The summed E-state index contributed by atoms with van der Waals surface area (Å²) in [7, 11) is 0. The topological polar surface area (TPSA) is 110 Å². The second-order valence-electron chi connectivity index (χ2n) is 5.90. The Balaban J connectivity index is 1.64. The van der Waals surface area contributed by atoms with E-state index in [2.05, 4.69) is 35.9 Å². The number of amides is 1. The monoisotopic (exact) mass is 372 g/mol. The van der Waals surface area contributed by atoms with E-state index in [-0.39, 0.29) is 5.91 Å². The third-order valence-electron chi connectivity index (χ3n) is 3.87. The molecule has 0 bridgehead atoms. The van der Waals surface area contributed by atoms with Crippen molar-refractivity contribution in [2.75, 3.05) is 10.7 Å². The highest BCUT2D eigenvalue weighted by Gasteiger charge is 2.11. The normalized spacial score (nSPS) is 11.0. The molecule has 3 heterocycles. The fraction of sp³-hybridized carbons (Fsp3) is 0.0526. The fourth-order valence-electron chi connectivity index (χ4n) is 2.66. The quantitative estimate of drug-likeness (QED) is 0.412. The minimum absolute atomic E-state index is 0.136. The Morgan fingerprint density at radius 3 is 2.86 bits per heavy atom. The van der Waals surface area contributed by atoms with Gasteiger partial charge in [-0.2, -0.15) is 10.2 Å². The van der Waals surface area contributed by atoms with E-state index in [1.54, 1.807) is 29.5 Å². The highest BCUT2D eigenvalue weighted by atomic mass is 16.1. The maximum Gasteiger partial charge on any atom is 0.221 e. The van der Waals surface area contributed by atoms with Crippen LogP contribution in [0.3, 0.4) is 0 Å². The molecule has 9 heteroatoms. The summed E-state index contributed by atoms with van der Waals surface area (Å²) in [6, 6.07) is 11.1. The lowest BCUT2D eigenvalue weighted by Crippen LogP contribution is -2.06. The van der Waals surface area contributed by atoms with E-state index in [4.69, 9.17) is 0 Å². The number of hydrogen-bond acceptors (Lipinski definition) is 7. The number of carbonyl (C=O) groups is 1. The summed E-state index contributed by atoms with van der Waals surface area (Å²) >= 11 is 0. The minimum atomic E-state index is -0.136. The van der Waals surface area contributed by atoms with E-state index in [1.807, 2.05) is 36.4 Å². The number of carbonyl (C=O) groups excluding carboxylic acids is 1. The van der Waals surface area contributed by atoms with Gasteiger partial charge in [-0.05, 0) is 35.9 Å². The molecule has 0 fully saturated rings. The molecule has 0 aliphatic heterocycles. The molecule has 4 aromatic rings. The summed E-state index contributed by atoms with van der Waals surface area (Å²) < 4.78 is 1.68. The first-order chi connectivity index (χ1) is 13.7. The molecule has 2 N–H and O–H groups in total. The Labute approximate surface area is 160 Å². The fourth-order valence-corrected chi connectivity index (χ4v) is 2.66. The average Bonchev–Trinajstić information content (AvgIpc) is 3.14. The third-order valence-corrected chi connectivity index (χ3v) is 3.87. The van der Waals surface area contributed by atoms with Crippen LogP contribution in [0.2, 0.25) is 0 Å². The lowest BCUT2D eigenvalue weighted by atomic mass is 10.2. The van der Waals surface area contributed by atoms with Crippen molar-refractivity contribution in [1.82, 2.24) is 24.7 Å². The van der Waals surface area contributed by atoms with Crippen LogP contribution in [0.4, 0.5) is 11.5 Å². The number of nitrogens with one attached hydrogen (secondary N) is 2. The summed E-state index contributed by atoms with van der Waals surface area (Å²) in [6.45, 7) is 1.47. The number of fused-ring (bicyclic) bond motifs is 1. The van der Waals surface area contributed by atoms with E-state index in [0.29, 0.717) is 17.2 Å². The molecule has 9 nitrogen and oxygen atoms in total. The second-order valence-corrected chi connectivity index (χ2v) is 5.90. The summed E-state index contributed by atoms with van der Waals surface area (Å²) in [4.78, 5) is 23.8. The molecule has 0 radical (unpaired) electrons. The Hall–Kier alpha value is -4.14. The largest absolute Gasteiger partial charge is 0.326 e. The Bertz CT molecular complexity index is 1150. The van der Waals surface area contributed by atoms with Crippen LogP contribution >= 0.6 is 0 Å². The Morgan fingerprint density at radius 2 is 2.04 bits per heavy atom. The van der Waals surface area contributed by atoms with Gasteiger partial charge in [0.2, 0.25) is 5.91 Å². The SMILES string of the molecule is CC(=O)Nc1cccc(-n2ncc3c(N/N=C/c4ccncc4)ncnc32)c1. The molecular formula is C19H16N8O. The first-order valence-electron chi connectivity index (χ1n) is 8.46. The highest BCUT2D eigenvalue weighted by Crippen LogP contribution is 2.23. The number of pyridine rings is 1. The van der Waals surface area contributed by atoms with E-state index < -0.39 is 0 Å². The molecule has 0 aliphatic carbocycles. The number of rotatable bonds is 5. The van der Waals surface area contributed by atoms with Gasteiger partial charge in [-0.1, -0.05) is 6.07 Å². The lowest BCUT2D eigenvalue weighted by Gasteiger charge is -2.07. The number of aromatic nitrogens is 5. The molecule has 0 aliphatic rings. The molecule has 0 atom stereocenters. The van der Waals surface area contributed by atoms with Gasteiger partial charge < -0.3 is 5.32 Å². The van der Waals surface area contributed by atoms with Gasteiger partial charge in [0, 0.05) is 25.0 Å². The van der Waals surface area contributed by atoms with E-state index >= 15 is 0 Å². The summed E-state index contributed by atoms with van der Waals surface area (Å²) in [6.07, 6.45) is 8.19. The van der Waals surface area contributed by atoms with Crippen molar-refractivity contribution in [3.8, 4) is 5.69 Å². The van der Waals surface area contributed by atoms with Crippen LogP contribution in [0.1, 0.15) is 12.5 Å². The van der Waals surface area contributed by atoms with Crippen LogP contribution in [0.25, 0.3) is 16.7 Å². The summed E-state index contributed by atoms with van der Waals surface area (Å²) in [5, 5.41) is 12.1.